The van der Waals surface area contributed by atoms with Gasteiger partial charge in [-0.25, -0.2) is 5.48 Å². The second-order valence-electron chi connectivity index (χ2n) is 4.26. The SMILES string of the molecule is Cn1cc(CNO)c(C(C)(C)C)n1. The molecule has 0 unspecified atom stereocenters. The third-order valence-corrected chi connectivity index (χ3v) is 1.88. The van der Waals surface area contributed by atoms with Gasteiger partial charge in [-0.2, -0.15) is 5.10 Å². The molecule has 0 saturated heterocycles. The molecule has 4 nitrogen and oxygen atoms in total. The van der Waals surface area contributed by atoms with Crippen molar-refractivity contribution in [3.8, 4) is 0 Å². The van der Waals surface area contributed by atoms with Gasteiger partial charge in [0.05, 0.1) is 5.69 Å². The molecule has 1 heterocycles. The first-order valence-electron chi connectivity index (χ1n) is 4.35. The van der Waals surface area contributed by atoms with Crippen molar-refractivity contribution < 1.29 is 5.21 Å². The van der Waals surface area contributed by atoms with Gasteiger partial charge < -0.3 is 5.21 Å². The molecule has 1 aromatic rings. The summed E-state index contributed by atoms with van der Waals surface area (Å²) in [4.78, 5) is 0. The molecule has 0 bridgehead atoms. The summed E-state index contributed by atoms with van der Waals surface area (Å²) in [6, 6.07) is 0. The lowest BCUT2D eigenvalue weighted by Gasteiger charge is -2.16. The van der Waals surface area contributed by atoms with Crippen LogP contribution in [-0.4, -0.2) is 15.0 Å². The van der Waals surface area contributed by atoms with E-state index in [1.54, 1.807) is 4.68 Å². The maximum Gasteiger partial charge on any atom is 0.0723 e. The molecule has 1 aromatic heterocycles. The zero-order chi connectivity index (χ0) is 10.1. The van der Waals surface area contributed by atoms with Gasteiger partial charge in [-0.1, -0.05) is 20.8 Å². The van der Waals surface area contributed by atoms with Crippen molar-refractivity contribution in [2.45, 2.75) is 32.7 Å². The number of hydrogen-bond acceptors (Lipinski definition) is 3. The minimum atomic E-state index is 0.0213. The fourth-order valence-electron chi connectivity index (χ4n) is 1.38. The molecule has 4 heteroatoms. The van der Waals surface area contributed by atoms with E-state index in [-0.39, 0.29) is 5.41 Å². The highest BCUT2D eigenvalue weighted by molar-refractivity contribution is 5.23. The number of rotatable bonds is 2. The van der Waals surface area contributed by atoms with E-state index in [1.165, 1.54) is 0 Å². The molecule has 0 aliphatic rings. The Labute approximate surface area is 78.5 Å². The van der Waals surface area contributed by atoms with E-state index >= 15 is 0 Å². The lowest BCUT2D eigenvalue weighted by molar-refractivity contribution is 0.160. The van der Waals surface area contributed by atoms with Crippen molar-refractivity contribution in [2.75, 3.05) is 0 Å². The predicted octanol–water partition coefficient (Wildman–Crippen LogP) is 1.20. The molecular formula is C9H17N3O. The lowest BCUT2D eigenvalue weighted by atomic mass is 9.90. The number of aromatic nitrogens is 2. The van der Waals surface area contributed by atoms with Crippen LogP contribution in [0.3, 0.4) is 0 Å². The topological polar surface area (TPSA) is 50.1 Å². The first kappa shape index (κ1) is 10.2. The van der Waals surface area contributed by atoms with E-state index in [0.29, 0.717) is 6.54 Å². The number of hydrogen-bond donors (Lipinski definition) is 2. The van der Waals surface area contributed by atoms with Crippen LogP contribution < -0.4 is 5.48 Å². The summed E-state index contributed by atoms with van der Waals surface area (Å²) in [7, 11) is 1.89. The fraction of sp³-hybridized carbons (Fsp3) is 0.667. The summed E-state index contributed by atoms with van der Waals surface area (Å²) < 4.78 is 1.77. The molecule has 0 fully saturated rings. The van der Waals surface area contributed by atoms with Gasteiger partial charge in [0.25, 0.3) is 0 Å². The van der Waals surface area contributed by atoms with E-state index in [0.717, 1.165) is 11.3 Å². The molecule has 0 amide bonds. The lowest BCUT2D eigenvalue weighted by Crippen LogP contribution is -2.17. The average Bonchev–Trinajstić information content (AvgIpc) is 2.30. The summed E-state index contributed by atoms with van der Waals surface area (Å²) >= 11 is 0. The largest absolute Gasteiger partial charge is 0.316 e. The Morgan fingerprint density at radius 3 is 2.62 bits per heavy atom. The highest BCUT2D eigenvalue weighted by atomic mass is 16.5. The van der Waals surface area contributed by atoms with Crippen molar-refractivity contribution in [3.63, 3.8) is 0 Å². The molecule has 1 rings (SSSR count). The van der Waals surface area contributed by atoms with Gasteiger partial charge >= 0.3 is 0 Å². The number of nitrogens with zero attached hydrogens (tertiary/aromatic N) is 2. The maximum absolute atomic E-state index is 8.63. The Morgan fingerprint density at radius 1 is 1.54 bits per heavy atom. The molecule has 0 spiro atoms. The van der Waals surface area contributed by atoms with Crippen LogP contribution in [0.4, 0.5) is 0 Å². The molecule has 0 atom stereocenters. The predicted molar refractivity (Wildman–Crippen MR) is 50.5 cm³/mol. The summed E-state index contributed by atoms with van der Waals surface area (Å²) in [6.07, 6.45) is 1.92. The van der Waals surface area contributed by atoms with Gasteiger partial charge in [0.1, 0.15) is 0 Å². The Kier molecular flexibility index (Phi) is 2.73. The molecule has 0 radical (unpaired) electrons. The summed E-state index contributed by atoms with van der Waals surface area (Å²) in [5.41, 5.74) is 4.24. The normalized spacial score (nSPS) is 12.1. The van der Waals surface area contributed by atoms with Crippen molar-refractivity contribution in [1.82, 2.24) is 15.3 Å². The molecule has 2 N–H and O–H groups in total. The molecule has 0 aliphatic carbocycles. The van der Waals surface area contributed by atoms with Crippen LogP contribution in [0.2, 0.25) is 0 Å². The Hall–Kier alpha value is -0.870. The highest BCUT2D eigenvalue weighted by Crippen LogP contribution is 2.23. The molecule has 13 heavy (non-hydrogen) atoms. The number of nitrogens with one attached hydrogen (secondary N) is 1. The first-order chi connectivity index (χ1) is 5.95. The molecular weight excluding hydrogens is 166 g/mol. The Balaban J connectivity index is 3.04. The number of hydroxylamine groups is 1. The zero-order valence-corrected chi connectivity index (χ0v) is 8.63. The van der Waals surface area contributed by atoms with Crippen LogP contribution >= 0.6 is 0 Å². The van der Waals surface area contributed by atoms with Crippen molar-refractivity contribution in [3.05, 3.63) is 17.5 Å². The third kappa shape index (κ3) is 2.29. The van der Waals surface area contributed by atoms with Crippen LogP contribution in [0.15, 0.2) is 6.20 Å². The third-order valence-electron chi connectivity index (χ3n) is 1.88. The van der Waals surface area contributed by atoms with E-state index in [2.05, 4.69) is 31.3 Å². The summed E-state index contributed by atoms with van der Waals surface area (Å²) in [5, 5.41) is 13.0. The van der Waals surface area contributed by atoms with Gasteiger partial charge in [-0.05, 0) is 0 Å². The molecule has 0 aromatic carbocycles. The van der Waals surface area contributed by atoms with E-state index in [1.807, 2.05) is 13.2 Å². The van der Waals surface area contributed by atoms with Crippen molar-refractivity contribution >= 4 is 0 Å². The standard InChI is InChI=1S/C9H17N3O/c1-9(2,3)8-7(5-10-13)6-12(4)11-8/h6,10,13H,5H2,1-4H3. The van der Waals surface area contributed by atoms with Crippen molar-refractivity contribution in [1.29, 1.82) is 0 Å². The molecule has 0 aliphatic heterocycles. The maximum atomic E-state index is 8.63. The van der Waals surface area contributed by atoms with Crippen molar-refractivity contribution in [2.24, 2.45) is 7.05 Å². The fourth-order valence-corrected chi connectivity index (χ4v) is 1.38. The smallest absolute Gasteiger partial charge is 0.0723 e. The van der Waals surface area contributed by atoms with E-state index in [9.17, 15) is 0 Å². The second-order valence-corrected chi connectivity index (χ2v) is 4.26. The number of aryl methyl sites for hydroxylation is 1. The van der Waals surface area contributed by atoms with Crippen LogP contribution in [0, 0.1) is 0 Å². The van der Waals surface area contributed by atoms with Gasteiger partial charge in [0.2, 0.25) is 0 Å². The van der Waals surface area contributed by atoms with Crippen LogP contribution in [0.5, 0.6) is 0 Å². The van der Waals surface area contributed by atoms with E-state index in [4.69, 9.17) is 5.21 Å². The van der Waals surface area contributed by atoms with Gasteiger partial charge in [-0.3, -0.25) is 4.68 Å². The monoisotopic (exact) mass is 183 g/mol. The average molecular weight is 183 g/mol. The van der Waals surface area contributed by atoms with Crippen LogP contribution in [0.1, 0.15) is 32.0 Å². The van der Waals surface area contributed by atoms with Gasteiger partial charge in [0.15, 0.2) is 0 Å². The highest BCUT2D eigenvalue weighted by Gasteiger charge is 2.21. The quantitative estimate of drug-likeness (QED) is 0.677. The van der Waals surface area contributed by atoms with Crippen LogP contribution in [-0.2, 0) is 19.0 Å². The molecule has 0 saturated carbocycles. The Bertz CT molecular complexity index is 286. The Morgan fingerprint density at radius 2 is 2.15 bits per heavy atom. The van der Waals surface area contributed by atoms with Gasteiger partial charge in [0, 0.05) is 30.8 Å². The minimum Gasteiger partial charge on any atom is -0.316 e. The van der Waals surface area contributed by atoms with Gasteiger partial charge in [-0.15, -0.1) is 0 Å². The second kappa shape index (κ2) is 3.47. The summed E-state index contributed by atoms with van der Waals surface area (Å²) in [6.45, 7) is 6.77. The van der Waals surface area contributed by atoms with E-state index < -0.39 is 0 Å². The minimum absolute atomic E-state index is 0.0213. The first-order valence-corrected chi connectivity index (χ1v) is 4.35. The van der Waals surface area contributed by atoms with Crippen LogP contribution in [0.25, 0.3) is 0 Å². The summed E-state index contributed by atoms with van der Waals surface area (Å²) in [5.74, 6) is 0. The molecule has 74 valence electrons. The zero-order valence-electron chi connectivity index (χ0n) is 8.63.